The molecule has 0 aliphatic carbocycles. The van der Waals surface area contributed by atoms with Crippen LogP contribution < -0.4 is 14.8 Å². The zero-order valence-electron chi connectivity index (χ0n) is 15.4. The van der Waals surface area contributed by atoms with Gasteiger partial charge in [0.15, 0.2) is 0 Å². The second-order valence-corrected chi connectivity index (χ2v) is 5.82. The Morgan fingerprint density at radius 3 is 2.40 bits per heavy atom. The zero-order chi connectivity index (χ0) is 18.4. The van der Waals surface area contributed by atoms with Crippen molar-refractivity contribution < 1.29 is 19.0 Å². The van der Waals surface area contributed by atoms with Crippen LogP contribution in [-0.4, -0.2) is 19.8 Å². The monoisotopic (exact) mass is 343 g/mol. The maximum absolute atomic E-state index is 11.6. The van der Waals surface area contributed by atoms with Crippen LogP contribution in [0.2, 0.25) is 0 Å². The molecule has 0 fully saturated rings. The Bertz CT molecular complexity index is 756. The number of ether oxygens (including phenoxy) is 3. The lowest BCUT2D eigenvalue weighted by molar-refractivity contribution is 0.187. The SMILES string of the molecule is CCOc1cccc(NC(=O)OC)c1COc1cc(C)c(C)cc1C. The van der Waals surface area contributed by atoms with E-state index in [1.807, 2.05) is 32.0 Å². The van der Waals surface area contributed by atoms with Crippen LogP contribution >= 0.6 is 0 Å². The quantitative estimate of drug-likeness (QED) is 0.821. The van der Waals surface area contributed by atoms with E-state index in [4.69, 9.17) is 9.47 Å². The van der Waals surface area contributed by atoms with Crippen molar-refractivity contribution >= 4 is 11.8 Å². The Morgan fingerprint density at radius 2 is 1.72 bits per heavy atom. The third-order valence-corrected chi connectivity index (χ3v) is 4.02. The molecule has 2 aromatic rings. The van der Waals surface area contributed by atoms with Gasteiger partial charge in [0.05, 0.1) is 25.0 Å². The largest absolute Gasteiger partial charge is 0.493 e. The summed E-state index contributed by atoms with van der Waals surface area (Å²) >= 11 is 0. The fourth-order valence-corrected chi connectivity index (χ4v) is 2.52. The second kappa shape index (κ2) is 8.42. The maximum atomic E-state index is 11.6. The number of nitrogens with one attached hydrogen (secondary N) is 1. The Labute approximate surface area is 148 Å². The van der Waals surface area contributed by atoms with Crippen molar-refractivity contribution in [1.82, 2.24) is 0 Å². The molecular formula is C20H25NO4. The molecule has 0 bridgehead atoms. The lowest BCUT2D eigenvalue weighted by Crippen LogP contribution is -2.14. The van der Waals surface area contributed by atoms with E-state index in [0.29, 0.717) is 18.0 Å². The summed E-state index contributed by atoms with van der Waals surface area (Å²) in [5.41, 5.74) is 4.85. The minimum Gasteiger partial charge on any atom is -0.493 e. The zero-order valence-corrected chi connectivity index (χ0v) is 15.4. The normalized spacial score (nSPS) is 10.3. The highest BCUT2D eigenvalue weighted by Crippen LogP contribution is 2.30. The third-order valence-electron chi connectivity index (χ3n) is 4.02. The first-order valence-electron chi connectivity index (χ1n) is 8.26. The molecule has 0 spiro atoms. The van der Waals surface area contributed by atoms with Crippen molar-refractivity contribution in [2.45, 2.75) is 34.3 Å². The Hall–Kier alpha value is -2.69. The highest BCUT2D eigenvalue weighted by Gasteiger charge is 2.14. The van der Waals surface area contributed by atoms with Crippen LogP contribution in [0.25, 0.3) is 0 Å². The van der Waals surface area contributed by atoms with Crippen molar-refractivity contribution in [2.24, 2.45) is 0 Å². The minimum atomic E-state index is -0.530. The average molecular weight is 343 g/mol. The first-order valence-corrected chi connectivity index (χ1v) is 8.26. The first kappa shape index (κ1) is 18.6. The van der Waals surface area contributed by atoms with E-state index in [0.717, 1.165) is 16.9 Å². The Balaban J connectivity index is 2.30. The summed E-state index contributed by atoms with van der Waals surface area (Å²) < 4.78 is 16.4. The summed E-state index contributed by atoms with van der Waals surface area (Å²) in [5, 5.41) is 2.71. The highest BCUT2D eigenvalue weighted by atomic mass is 16.5. The van der Waals surface area contributed by atoms with E-state index in [-0.39, 0.29) is 6.61 Å². The molecule has 134 valence electrons. The van der Waals surface area contributed by atoms with Gasteiger partial charge in [0, 0.05) is 0 Å². The van der Waals surface area contributed by atoms with Crippen LogP contribution in [0.3, 0.4) is 0 Å². The smallest absolute Gasteiger partial charge is 0.411 e. The highest BCUT2D eigenvalue weighted by molar-refractivity contribution is 5.86. The first-order chi connectivity index (χ1) is 12.0. The molecule has 2 aromatic carbocycles. The fourth-order valence-electron chi connectivity index (χ4n) is 2.52. The van der Waals surface area contributed by atoms with Gasteiger partial charge >= 0.3 is 6.09 Å². The molecule has 0 heterocycles. The summed E-state index contributed by atoms with van der Waals surface area (Å²) in [5.74, 6) is 1.50. The van der Waals surface area contributed by atoms with Crippen LogP contribution in [0.4, 0.5) is 10.5 Å². The molecule has 5 nitrogen and oxygen atoms in total. The molecule has 1 N–H and O–H groups in total. The molecule has 0 aromatic heterocycles. The predicted octanol–water partition coefficient (Wildman–Crippen LogP) is 4.77. The topological polar surface area (TPSA) is 56.8 Å². The van der Waals surface area contributed by atoms with Crippen molar-refractivity contribution in [2.75, 3.05) is 19.0 Å². The van der Waals surface area contributed by atoms with Crippen molar-refractivity contribution in [1.29, 1.82) is 0 Å². The molecule has 0 aliphatic rings. The fraction of sp³-hybridized carbons (Fsp3) is 0.350. The van der Waals surface area contributed by atoms with Crippen molar-refractivity contribution in [3.63, 3.8) is 0 Å². The summed E-state index contributed by atoms with van der Waals surface area (Å²) in [6.07, 6.45) is -0.530. The van der Waals surface area contributed by atoms with E-state index in [1.165, 1.54) is 18.2 Å². The van der Waals surface area contributed by atoms with Gasteiger partial charge in [-0.1, -0.05) is 12.1 Å². The number of rotatable bonds is 6. The summed E-state index contributed by atoms with van der Waals surface area (Å²) in [6.45, 7) is 8.87. The van der Waals surface area contributed by atoms with Crippen LogP contribution in [0, 0.1) is 20.8 Å². The molecule has 0 saturated carbocycles. The third kappa shape index (κ3) is 4.66. The van der Waals surface area contributed by atoms with Gasteiger partial charge in [0.1, 0.15) is 18.1 Å². The Kier molecular flexibility index (Phi) is 6.28. The van der Waals surface area contributed by atoms with Gasteiger partial charge in [-0.3, -0.25) is 5.32 Å². The number of aryl methyl sites for hydroxylation is 3. The molecule has 25 heavy (non-hydrogen) atoms. The van der Waals surface area contributed by atoms with Gasteiger partial charge in [-0.25, -0.2) is 4.79 Å². The number of benzene rings is 2. The average Bonchev–Trinajstić information content (AvgIpc) is 2.58. The van der Waals surface area contributed by atoms with E-state index in [2.05, 4.69) is 30.0 Å². The second-order valence-electron chi connectivity index (χ2n) is 5.82. The molecule has 0 radical (unpaired) electrons. The molecular weight excluding hydrogens is 318 g/mol. The van der Waals surface area contributed by atoms with Crippen molar-refractivity contribution in [3.8, 4) is 11.5 Å². The summed E-state index contributed by atoms with van der Waals surface area (Å²) in [6, 6.07) is 9.61. The van der Waals surface area contributed by atoms with E-state index >= 15 is 0 Å². The molecule has 1 amide bonds. The standard InChI is InChI=1S/C20H25NO4/c1-6-24-18-9-7-8-17(21-20(22)23-5)16(18)12-25-19-11-14(3)13(2)10-15(19)4/h7-11H,6,12H2,1-5H3,(H,21,22). The number of hydrogen-bond acceptors (Lipinski definition) is 4. The number of carbonyl (C=O) groups is 1. The van der Waals surface area contributed by atoms with E-state index < -0.39 is 6.09 Å². The van der Waals surface area contributed by atoms with Crippen LogP contribution in [0.5, 0.6) is 11.5 Å². The summed E-state index contributed by atoms with van der Waals surface area (Å²) in [7, 11) is 1.33. The van der Waals surface area contributed by atoms with Gasteiger partial charge in [0.25, 0.3) is 0 Å². The molecule has 5 heteroatoms. The minimum absolute atomic E-state index is 0.277. The molecule has 2 rings (SSSR count). The number of carbonyl (C=O) groups excluding carboxylic acids is 1. The Morgan fingerprint density at radius 1 is 1.00 bits per heavy atom. The predicted molar refractivity (Wildman–Crippen MR) is 98.6 cm³/mol. The maximum Gasteiger partial charge on any atom is 0.411 e. The van der Waals surface area contributed by atoms with Crippen molar-refractivity contribution in [3.05, 3.63) is 52.6 Å². The van der Waals surface area contributed by atoms with Gasteiger partial charge < -0.3 is 14.2 Å². The number of anilines is 1. The molecule has 0 atom stereocenters. The van der Waals surface area contributed by atoms with Gasteiger partial charge in [0.2, 0.25) is 0 Å². The van der Waals surface area contributed by atoms with E-state index in [1.54, 1.807) is 6.07 Å². The van der Waals surface area contributed by atoms with Gasteiger partial charge in [-0.2, -0.15) is 0 Å². The molecule has 0 unspecified atom stereocenters. The van der Waals surface area contributed by atoms with E-state index in [9.17, 15) is 4.79 Å². The van der Waals surface area contributed by atoms with Gasteiger partial charge in [-0.05, 0) is 62.6 Å². The van der Waals surface area contributed by atoms with Crippen LogP contribution in [0.15, 0.2) is 30.3 Å². The summed E-state index contributed by atoms with van der Waals surface area (Å²) in [4.78, 5) is 11.6. The van der Waals surface area contributed by atoms with Crippen LogP contribution in [-0.2, 0) is 11.3 Å². The number of methoxy groups -OCH3 is 1. The molecule has 0 saturated heterocycles. The molecule has 0 aliphatic heterocycles. The lowest BCUT2D eigenvalue weighted by Gasteiger charge is -2.17. The number of amides is 1. The van der Waals surface area contributed by atoms with Gasteiger partial charge in [-0.15, -0.1) is 0 Å². The lowest BCUT2D eigenvalue weighted by atomic mass is 10.1. The number of hydrogen-bond donors (Lipinski definition) is 1. The van der Waals surface area contributed by atoms with Crippen LogP contribution in [0.1, 0.15) is 29.2 Å².